The minimum Gasteiger partial charge on any atom is -0.350 e. The highest BCUT2D eigenvalue weighted by Gasteiger charge is 2.19. The highest BCUT2D eigenvalue weighted by molar-refractivity contribution is 5.83. The van der Waals surface area contributed by atoms with E-state index in [9.17, 15) is 4.79 Å². The van der Waals surface area contributed by atoms with E-state index in [1.54, 1.807) is 0 Å². The van der Waals surface area contributed by atoms with Crippen molar-refractivity contribution < 1.29 is 4.79 Å². The number of aryl methyl sites for hydroxylation is 1. The molecular formula is C21H28N4O. The molecule has 1 N–H and O–H groups in total. The fraction of sp³-hybridized carbons (Fsp3) is 0.476. The molecule has 3 rings (SSSR count). The molecule has 26 heavy (non-hydrogen) atoms. The molecule has 1 atom stereocenters. The Balaban J connectivity index is 1.66. The molecule has 2 heterocycles. The van der Waals surface area contributed by atoms with Crippen LogP contribution in [0.25, 0.3) is 0 Å². The molecule has 5 nitrogen and oxygen atoms in total. The van der Waals surface area contributed by atoms with E-state index >= 15 is 0 Å². The first-order chi connectivity index (χ1) is 12.7. The number of rotatable bonds is 6. The maximum atomic E-state index is 12.7. The Morgan fingerprint density at radius 2 is 1.88 bits per heavy atom. The molecule has 0 spiro atoms. The molecule has 1 amide bonds. The fourth-order valence-electron chi connectivity index (χ4n) is 3.50. The Morgan fingerprint density at radius 1 is 1.15 bits per heavy atom. The molecule has 1 aliphatic rings. The van der Waals surface area contributed by atoms with Crippen molar-refractivity contribution in [3.63, 3.8) is 0 Å². The van der Waals surface area contributed by atoms with E-state index in [0.29, 0.717) is 6.54 Å². The van der Waals surface area contributed by atoms with Gasteiger partial charge in [-0.25, -0.2) is 9.97 Å². The molecule has 1 aromatic carbocycles. The minimum atomic E-state index is -0.124. The molecule has 0 aliphatic carbocycles. The van der Waals surface area contributed by atoms with Gasteiger partial charge < -0.3 is 10.2 Å². The lowest BCUT2D eigenvalue weighted by molar-refractivity contribution is -0.122. The van der Waals surface area contributed by atoms with E-state index in [4.69, 9.17) is 0 Å². The number of nitrogens with one attached hydrogen (secondary N) is 1. The summed E-state index contributed by atoms with van der Waals surface area (Å²) in [7, 11) is 0. The van der Waals surface area contributed by atoms with E-state index in [1.165, 1.54) is 19.3 Å². The first-order valence-electron chi connectivity index (χ1n) is 9.59. The highest BCUT2D eigenvalue weighted by atomic mass is 16.1. The predicted octanol–water partition coefficient (Wildman–Crippen LogP) is 3.59. The van der Waals surface area contributed by atoms with Crippen LogP contribution in [0.15, 0.2) is 36.4 Å². The summed E-state index contributed by atoms with van der Waals surface area (Å²) in [4.78, 5) is 24.2. The van der Waals surface area contributed by atoms with Crippen molar-refractivity contribution in [2.45, 2.75) is 52.0 Å². The maximum Gasteiger partial charge on any atom is 0.227 e. The van der Waals surface area contributed by atoms with Crippen molar-refractivity contribution in [2.24, 2.45) is 0 Å². The summed E-state index contributed by atoms with van der Waals surface area (Å²) in [6.07, 6.45) is 4.44. The summed E-state index contributed by atoms with van der Waals surface area (Å²) in [6, 6.07) is 11.9. The molecule has 1 aromatic heterocycles. The van der Waals surface area contributed by atoms with Gasteiger partial charge in [-0.1, -0.05) is 37.3 Å². The number of nitrogens with zero attached hydrogens (tertiary/aromatic N) is 3. The van der Waals surface area contributed by atoms with Crippen molar-refractivity contribution in [3.05, 3.63) is 53.3 Å². The van der Waals surface area contributed by atoms with Gasteiger partial charge in [0, 0.05) is 18.8 Å². The van der Waals surface area contributed by atoms with E-state index in [0.717, 1.165) is 42.4 Å². The van der Waals surface area contributed by atoms with Gasteiger partial charge in [0.2, 0.25) is 11.9 Å². The van der Waals surface area contributed by atoms with Crippen LogP contribution in [-0.4, -0.2) is 29.0 Å². The Morgan fingerprint density at radius 3 is 2.58 bits per heavy atom. The Bertz CT molecular complexity index is 726. The monoisotopic (exact) mass is 352 g/mol. The second-order valence-corrected chi connectivity index (χ2v) is 6.94. The summed E-state index contributed by atoms with van der Waals surface area (Å²) >= 11 is 0. The van der Waals surface area contributed by atoms with Crippen LogP contribution in [0, 0.1) is 6.92 Å². The lowest BCUT2D eigenvalue weighted by atomic mass is 9.96. The lowest BCUT2D eigenvalue weighted by Crippen LogP contribution is -2.32. The summed E-state index contributed by atoms with van der Waals surface area (Å²) in [5, 5.41) is 3.06. The van der Waals surface area contributed by atoms with Crippen LogP contribution in [-0.2, 0) is 11.3 Å². The number of amides is 1. The zero-order valence-electron chi connectivity index (χ0n) is 15.7. The molecule has 1 aliphatic heterocycles. The first-order valence-corrected chi connectivity index (χ1v) is 9.59. The Kier molecular flexibility index (Phi) is 6.21. The molecule has 2 aromatic rings. The van der Waals surface area contributed by atoms with E-state index in [2.05, 4.69) is 20.2 Å². The average molecular weight is 352 g/mol. The maximum absolute atomic E-state index is 12.7. The highest BCUT2D eigenvalue weighted by Crippen LogP contribution is 2.20. The van der Waals surface area contributed by atoms with Crippen LogP contribution in [0.2, 0.25) is 0 Å². The number of hydrogen-bond acceptors (Lipinski definition) is 4. The van der Waals surface area contributed by atoms with E-state index in [1.807, 2.05) is 50.2 Å². The van der Waals surface area contributed by atoms with Gasteiger partial charge in [-0.05, 0) is 44.2 Å². The quantitative estimate of drug-likeness (QED) is 0.863. The molecule has 1 fully saturated rings. The van der Waals surface area contributed by atoms with Crippen LogP contribution in [0.3, 0.4) is 0 Å². The third-order valence-corrected chi connectivity index (χ3v) is 4.90. The van der Waals surface area contributed by atoms with Crippen LogP contribution < -0.4 is 10.2 Å². The normalized spacial score (nSPS) is 15.5. The SMILES string of the molecule is CCC(C(=O)NCc1cc(C)nc(N2CCCCC2)n1)c1ccccc1. The predicted molar refractivity (Wildman–Crippen MR) is 104 cm³/mol. The molecule has 0 bridgehead atoms. The van der Waals surface area contributed by atoms with Gasteiger partial charge in [0.05, 0.1) is 18.2 Å². The topological polar surface area (TPSA) is 58.1 Å². The number of aromatic nitrogens is 2. The zero-order valence-corrected chi connectivity index (χ0v) is 15.7. The van der Waals surface area contributed by atoms with Gasteiger partial charge in [-0.2, -0.15) is 0 Å². The molecule has 5 heteroatoms. The molecular weight excluding hydrogens is 324 g/mol. The standard InChI is InChI=1S/C21H28N4O/c1-3-19(17-10-6-4-7-11-17)20(26)22-15-18-14-16(2)23-21(24-18)25-12-8-5-9-13-25/h4,6-7,10-11,14,19H,3,5,8-9,12-13,15H2,1-2H3,(H,22,26). The molecule has 1 saturated heterocycles. The van der Waals surface area contributed by atoms with Gasteiger partial charge in [0.1, 0.15) is 0 Å². The largest absolute Gasteiger partial charge is 0.350 e. The van der Waals surface area contributed by atoms with Gasteiger partial charge in [0.15, 0.2) is 0 Å². The number of carbonyl (C=O) groups excluding carboxylic acids is 1. The van der Waals surface area contributed by atoms with Crippen molar-refractivity contribution in [1.29, 1.82) is 0 Å². The average Bonchev–Trinajstić information content (AvgIpc) is 2.68. The van der Waals surface area contributed by atoms with E-state index < -0.39 is 0 Å². The Labute approximate surface area is 155 Å². The lowest BCUT2D eigenvalue weighted by Gasteiger charge is -2.27. The van der Waals surface area contributed by atoms with Crippen LogP contribution >= 0.6 is 0 Å². The molecule has 0 saturated carbocycles. The molecule has 1 unspecified atom stereocenters. The number of hydrogen-bond donors (Lipinski definition) is 1. The first kappa shape index (κ1) is 18.4. The summed E-state index contributed by atoms with van der Waals surface area (Å²) < 4.78 is 0. The van der Waals surface area contributed by atoms with Gasteiger partial charge in [-0.15, -0.1) is 0 Å². The van der Waals surface area contributed by atoms with Crippen molar-refractivity contribution in [1.82, 2.24) is 15.3 Å². The summed E-state index contributed by atoms with van der Waals surface area (Å²) in [6.45, 7) is 6.49. The number of anilines is 1. The van der Waals surface area contributed by atoms with Crippen LogP contribution in [0.1, 0.15) is 55.5 Å². The zero-order chi connectivity index (χ0) is 18.4. The second kappa shape index (κ2) is 8.79. The Hall–Kier alpha value is -2.43. The van der Waals surface area contributed by atoms with Crippen LogP contribution in [0.4, 0.5) is 5.95 Å². The number of benzene rings is 1. The minimum absolute atomic E-state index is 0.0505. The number of piperidine rings is 1. The van der Waals surface area contributed by atoms with Crippen molar-refractivity contribution in [2.75, 3.05) is 18.0 Å². The van der Waals surface area contributed by atoms with Crippen molar-refractivity contribution in [3.8, 4) is 0 Å². The third kappa shape index (κ3) is 4.59. The second-order valence-electron chi connectivity index (χ2n) is 6.94. The third-order valence-electron chi connectivity index (χ3n) is 4.90. The fourth-order valence-corrected chi connectivity index (χ4v) is 3.50. The van der Waals surface area contributed by atoms with Gasteiger partial charge in [-0.3, -0.25) is 4.79 Å². The number of carbonyl (C=O) groups is 1. The van der Waals surface area contributed by atoms with Crippen molar-refractivity contribution >= 4 is 11.9 Å². The van der Waals surface area contributed by atoms with Crippen LogP contribution in [0.5, 0.6) is 0 Å². The van der Waals surface area contributed by atoms with Gasteiger partial charge >= 0.3 is 0 Å². The smallest absolute Gasteiger partial charge is 0.227 e. The van der Waals surface area contributed by atoms with Gasteiger partial charge in [0.25, 0.3) is 0 Å². The molecule has 138 valence electrons. The molecule has 0 radical (unpaired) electrons. The van der Waals surface area contributed by atoms with E-state index in [-0.39, 0.29) is 11.8 Å². The summed E-state index contributed by atoms with van der Waals surface area (Å²) in [5.74, 6) is 0.722. The summed E-state index contributed by atoms with van der Waals surface area (Å²) in [5.41, 5.74) is 2.87.